The third-order valence-corrected chi connectivity index (χ3v) is 2.30. The summed E-state index contributed by atoms with van der Waals surface area (Å²) in [6.07, 6.45) is 5.10. The van der Waals surface area contributed by atoms with Gasteiger partial charge in [-0.05, 0) is 25.7 Å². The first-order chi connectivity index (χ1) is 6.34. The number of carbonyl (C=O) groups excluding carboxylic acids is 1. The van der Waals surface area contributed by atoms with E-state index in [1.165, 1.54) is 0 Å². The van der Waals surface area contributed by atoms with E-state index in [2.05, 4.69) is 12.2 Å². The van der Waals surface area contributed by atoms with Crippen molar-refractivity contribution in [3.63, 3.8) is 0 Å². The molecule has 13 heavy (non-hydrogen) atoms. The summed E-state index contributed by atoms with van der Waals surface area (Å²) >= 11 is 0. The monoisotopic (exact) mass is 185 g/mol. The summed E-state index contributed by atoms with van der Waals surface area (Å²) < 4.78 is 5.36. The number of nitrogens with one attached hydrogen (secondary N) is 1. The SMILES string of the molecule is CCCCNC(=O)C1CCCCO1. The molecule has 0 aromatic heterocycles. The van der Waals surface area contributed by atoms with Crippen molar-refractivity contribution in [3.05, 3.63) is 0 Å². The highest BCUT2D eigenvalue weighted by atomic mass is 16.5. The van der Waals surface area contributed by atoms with Crippen LogP contribution < -0.4 is 5.32 Å². The van der Waals surface area contributed by atoms with Crippen LogP contribution in [0, 0.1) is 0 Å². The molecule has 1 atom stereocenters. The van der Waals surface area contributed by atoms with Crippen molar-refractivity contribution in [1.82, 2.24) is 5.32 Å². The van der Waals surface area contributed by atoms with Gasteiger partial charge in [-0.2, -0.15) is 0 Å². The molecule has 0 bridgehead atoms. The van der Waals surface area contributed by atoms with Crippen LogP contribution >= 0.6 is 0 Å². The van der Waals surface area contributed by atoms with Gasteiger partial charge in [0.1, 0.15) is 6.10 Å². The van der Waals surface area contributed by atoms with E-state index >= 15 is 0 Å². The molecule has 1 saturated heterocycles. The molecule has 1 amide bonds. The van der Waals surface area contributed by atoms with Gasteiger partial charge in [0.2, 0.25) is 5.91 Å². The molecule has 1 unspecified atom stereocenters. The van der Waals surface area contributed by atoms with Crippen LogP contribution in [-0.2, 0) is 9.53 Å². The Morgan fingerprint density at radius 2 is 2.38 bits per heavy atom. The van der Waals surface area contributed by atoms with Crippen LogP contribution in [-0.4, -0.2) is 25.2 Å². The lowest BCUT2D eigenvalue weighted by Crippen LogP contribution is -2.38. The van der Waals surface area contributed by atoms with E-state index in [1.54, 1.807) is 0 Å². The normalized spacial score (nSPS) is 22.7. The van der Waals surface area contributed by atoms with E-state index in [4.69, 9.17) is 4.74 Å². The first kappa shape index (κ1) is 10.5. The van der Waals surface area contributed by atoms with E-state index in [0.29, 0.717) is 0 Å². The second-order valence-electron chi connectivity index (χ2n) is 3.50. The van der Waals surface area contributed by atoms with Crippen LogP contribution in [0.25, 0.3) is 0 Å². The second kappa shape index (κ2) is 5.97. The number of rotatable bonds is 4. The van der Waals surface area contributed by atoms with Gasteiger partial charge in [0, 0.05) is 13.2 Å². The van der Waals surface area contributed by atoms with Crippen molar-refractivity contribution in [2.45, 2.75) is 45.1 Å². The average molecular weight is 185 g/mol. The first-order valence-electron chi connectivity index (χ1n) is 5.24. The fraction of sp³-hybridized carbons (Fsp3) is 0.900. The Hall–Kier alpha value is -0.570. The van der Waals surface area contributed by atoms with E-state index in [-0.39, 0.29) is 12.0 Å². The zero-order valence-electron chi connectivity index (χ0n) is 8.34. The molecule has 1 aliphatic rings. The maximum atomic E-state index is 11.4. The fourth-order valence-electron chi connectivity index (χ4n) is 1.45. The average Bonchev–Trinajstić information content (AvgIpc) is 2.19. The molecule has 1 heterocycles. The molecule has 1 fully saturated rings. The summed E-state index contributed by atoms with van der Waals surface area (Å²) in [7, 11) is 0. The molecule has 3 heteroatoms. The Balaban J connectivity index is 2.13. The van der Waals surface area contributed by atoms with E-state index < -0.39 is 0 Å². The summed E-state index contributed by atoms with van der Waals surface area (Å²) in [5, 5.41) is 2.89. The number of unbranched alkanes of at least 4 members (excludes halogenated alkanes) is 1. The minimum atomic E-state index is -0.175. The van der Waals surface area contributed by atoms with E-state index in [0.717, 1.165) is 45.3 Å². The lowest BCUT2D eigenvalue weighted by molar-refractivity contribution is -0.135. The molecular formula is C10H19NO2. The van der Waals surface area contributed by atoms with E-state index in [9.17, 15) is 4.79 Å². The molecule has 0 aliphatic carbocycles. The zero-order valence-corrected chi connectivity index (χ0v) is 8.34. The molecule has 0 aromatic carbocycles. The number of ether oxygens (including phenoxy) is 1. The summed E-state index contributed by atoms with van der Waals surface area (Å²) in [4.78, 5) is 11.4. The third kappa shape index (κ3) is 3.77. The minimum Gasteiger partial charge on any atom is -0.368 e. The van der Waals surface area contributed by atoms with E-state index in [1.807, 2.05) is 0 Å². The Morgan fingerprint density at radius 3 is 3.00 bits per heavy atom. The Kier molecular flexibility index (Phi) is 4.83. The fourth-order valence-corrected chi connectivity index (χ4v) is 1.45. The van der Waals surface area contributed by atoms with Crippen LogP contribution in [0.2, 0.25) is 0 Å². The van der Waals surface area contributed by atoms with Crippen LogP contribution in [0.1, 0.15) is 39.0 Å². The van der Waals surface area contributed by atoms with Crippen molar-refractivity contribution in [3.8, 4) is 0 Å². The van der Waals surface area contributed by atoms with Gasteiger partial charge < -0.3 is 10.1 Å². The smallest absolute Gasteiger partial charge is 0.249 e. The van der Waals surface area contributed by atoms with Crippen LogP contribution in [0.15, 0.2) is 0 Å². The summed E-state index contributed by atoms with van der Waals surface area (Å²) in [6, 6.07) is 0. The molecule has 1 N–H and O–H groups in total. The zero-order chi connectivity index (χ0) is 9.52. The number of carbonyl (C=O) groups is 1. The van der Waals surface area contributed by atoms with Crippen molar-refractivity contribution < 1.29 is 9.53 Å². The van der Waals surface area contributed by atoms with Crippen molar-refractivity contribution in [2.24, 2.45) is 0 Å². The van der Waals surface area contributed by atoms with Crippen LogP contribution in [0.4, 0.5) is 0 Å². The highest BCUT2D eigenvalue weighted by molar-refractivity contribution is 5.80. The van der Waals surface area contributed by atoms with Gasteiger partial charge in [-0.1, -0.05) is 13.3 Å². The molecule has 0 spiro atoms. The van der Waals surface area contributed by atoms with Gasteiger partial charge in [-0.25, -0.2) is 0 Å². The predicted molar refractivity (Wildman–Crippen MR) is 51.5 cm³/mol. The van der Waals surface area contributed by atoms with Gasteiger partial charge in [0.25, 0.3) is 0 Å². The molecular weight excluding hydrogens is 166 g/mol. The number of amides is 1. The molecule has 0 saturated carbocycles. The Morgan fingerprint density at radius 1 is 1.54 bits per heavy atom. The van der Waals surface area contributed by atoms with Gasteiger partial charge in [0.15, 0.2) is 0 Å². The third-order valence-electron chi connectivity index (χ3n) is 2.30. The predicted octanol–water partition coefficient (Wildman–Crippen LogP) is 1.47. The lowest BCUT2D eigenvalue weighted by Gasteiger charge is -2.21. The number of hydrogen-bond acceptors (Lipinski definition) is 2. The molecule has 3 nitrogen and oxygen atoms in total. The first-order valence-corrected chi connectivity index (χ1v) is 5.24. The van der Waals surface area contributed by atoms with Crippen molar-refractivity contribution >= 4 is 5.91 Å². The quantitative estimate of drug-likeness (QED) is 0.674. The van der Waals surface area contributed by atoms with Gasteiger partial charge in [0.05, 0.1) is 0 Å². The number of hydrogen-bond donors (Lipinski definition) is 1. The van der Waals surface area contributed by atoms with Crippen molar-refractivity contribution in [1.29, 1.82) is 0 Å². The minimum absolute atomic E-state index is 0.0770. The standard InChI is InChI=1S/C10H19NO2/c1-2-3-7-11-10(12)9-6-4-5-8-13-9/h9H,2-8H2,1H3,(H,11,12). The highest BCUT2D eigenvalue weighted by Crippen LogP contribution is 2.12. The molecule has 0 aromatic rings. The van der Waals surface area contributed by atoms with Crippen LogP contribution in [0.5, 0.6) is 0 Å². The Labute approximate surface area is 79.8 Å². The second-order valence-corrected chi connectivity index (χ2v) is 3.50. The Bertz CT molecular complexity index is 153. The van der Waals surface area contributed by atoms with Gasteiger partial charge in [-0.3, -0.25) is 4.79 Å². The topological polar surface area (TPSA) is 38.3 Å². The van der Waals surface area contributed by atoms with Crippen LogP contribution in [0.3, 0.4) is 0 Å². The largest absolute Gasteiger partial charge is 0.368 e. The summed E-state index contributed by atoms with van der Waals surface area (Å²) in [5.74, 6) is 0.0770. The molecule has 1 aliphatic heterocycles. The van der Waals surface area contributed by atoms with Crippen molar-refractivity contribution in [2.75, 3.05) is 13.2 Å². The van der Waals surface area contributed by atoms with Gasteiger partial charge >= 0.3 is 0 Å². The summed E-state index contributed by atoms with van der Waals surface area (Å²) in [6.45, 7) is 3.64. The molecule has 0 radical (unpaired) electrons. The highest BCUT2D eigenvalue weighted by Gasteiger charge is 2.20. The van der Waals surface area contributed by atoms with Gasteiger partial charge in [-0.15, -0.1) is 0 Å². The maximum Gasteiger partial charge on any atom is 0.249 e. The lowest BCUT2D eigenvalue weighted by atomic mass is 10.1. The molecule has 1 rings (SSSR count). The molecule has 76 valence electrons. The maximum absolute atomic E-state index is 11.4. The summed E-state index contributed by atoms with van der Waals surface area (Å²) in [5.41, 5.74) is 0.